The number of nitrogens with two attached hydrogens (primary N) is 1. The van der Waals surface area contributed by atoms with Crippen molar-refractivity contribution in [2.24, 2.45) is 0 Å². The molecule has 2 heterocycles. The second kappa shape index (κ2) is 6.21. The van der Waals surface area contributed by atoms with Gasteiger partial charge in [0.15, 0.2) is 8.68 Å². The average Bonchev–Trinajstić information content (AvgIpc) is 2.82. The summed E-state index contributed by atoms with van der Waals surface area (Å²) in [6, 6.07) is 0. The standard InChI is InChI=1S/C9H11N5OS3/c1-3-15-6-5(10)7(12-4-11-6)17-9-14-13-8(16-2)18-9/h4H,3,10H2,1-2H3. The van der Waals surface area contributed by atoms with Crippen LogP contribution >= 0.6 is 34.9 Å². The van der Waals surface area contributed by atoms with E-state index in [0.717, 1.165) is 8.68 Å². The number of nitrogen functional groups attached to an aromatic ring is 1. The van der Waals surface area contributed by atoms with Crippen LogP contribution in [-0.2, 0) is 0 Å². The Morgan fingerprint density at radius 3 is 2.78 bits per heavy atom. The minimum atomic E-state index is 0.407. The first-order valence-electron chi connectivity index (χ1n) is 5.03. The number of nitrogens with zero attached hydrogens (tertiary/aromatic N) is 4. The van der Waals surface area contributed by atoms with Gasteiger partial charge in [-0.3, -0.25) is 0 Å². The molecule has 0 atom stereocenters. The molecule has 6 nitrogen and oxygen atoms in total. The molecule has 0 unspecified atom stereocenters. The summed E-state index contributed by atoms with van der Waals surface area (Å²) >= 11 is 4.43. The highest BCUT2D eigenvalue weighted by atomic mass is 32.2. The van der Waals surface area contributed by atoms with Crippen LogP contribution in [0.5, 0.6) is 5.88 Å². The number of hydrogen-bond acceptors (Lipinski definition) is 9. The molecule has 0 bridgehead atoms. The summed E-state index contributed by atoms with van der Waals surface area (Å²) in [5.41, 5.74) is 6.37. The fourth-order valence-electron chi connectivity index (χ4n) is 1.10. The van der Waals surface area contributed by atoms with Crippen molar-refractivity contribution in [2.75, 3.05) is 18.6 Å². The van der Waals surface area contributed by atoms with Gasteiger partial charge in [-0.05, 0) is 24.9 Å². The molecule has 2 aromatic rings. The smallest absolute Gasteiger partial charge is 0.241 e. The van der Waals surface area contributed by atoms with E-state index in [-0.39, 0.29) is 0 Å². The minimum absolute atomic E-state index is 0.407. The van der Waals surface area contributed by atoms with E-state index in [1.807, 2.05) is 13.2 Å². The van der Waals surface area contributed by atoms with Gasteiger partial charge in [-0.25, -0.2) is 4.98 Å². The second-order valence-corrected chi connectivity index (χ2v) is 6.24. The van der Waals surface area contributed by atoms with E-state index in [1.165, 1.54) is 29.4 Å². The van der Waals surface area contributed by atoms with Crippen LogP contribution in [0.15, 0.2) is 20.0 Å². The Morgan fingerprint density at radius 1 is 1.33 bits per heavy atom. The molecule has 0 saturated heterocycles. The van der Waals surface area contributed by atoms with Crippen LogP contribution in [0.3, 0.4) is 0 Å². The summed E-state index contributed by atoms with van der Waals surface area (Å²) in [5.74, 6) is 0.407. The predicted molar refractivity (Wildman–Crippen MR) is 73.4 cm³/mol. The molecule has 0 aliphatic carbocycles. The Kier molecular flexibility index (Phi) is 4.61. The van der Waals surface area contributed by atoms with Crippen molar-refractivity contribution in [1.82, 2.24) is 20.2 Å². The van der Waals surface area contributed by atoms with Crippen LogP contribution < -0.4 is 10.5 Å². The minimum Gasteiger partial charge on any atom is -0.476 e. The van der Waals surface area contributed by atoms with Crippen molar-refractivity contribution in [2.45, 2.75) is 20.6 Å². The first kappa shape index (κ1) is 13.4. The van der Waals surface area contributed by atoms with Crippen LogP contribution in [0.1, 0.15) is 6.92 Å². The lowest BCUT2D eigenvalue weighted by molar-refractivity contribution is 0.327. The number of rotatable bonds is 5. The van der Waals surface area contributed by atoms with E-state index in [9.17, 15) is 0 Å². The Labute approximate surface area is 117 Å². The Morgan fingerprint density at radius 2 is 2.11 bits per heavy atom. The highest BCUT2D eigenvalue weighted by Crippen LogP contribution is 2.36. The molecule has 18 heavy (non-hydrogen) atoms. The molecule has 0 spiro atoms. The summed E-state index contributed by atoms with van der Waals surface area (Å²) in [6.07, 6.45) is 3.39. The highest BCUT2D eigenvalue weighted by molar-refractivity contribution is 8.03. The zero-order valence-corrected chi connectivity index (χ0v) is 12.2. The summed E-state index contributed by atoms with van der Waals surface area (Å²) in [6.45, 7) is 2.39. The molecular formula is C9H11N5OS3. The Balaban J connectivity index is 2.20. The van der Waals surface area contributed by atoms with Gasteiger partial charge in [0.1, 0.15) is 17.0 Å². The molecular weight excluding hydrogens is 290 g/mol. The normalized spacial score (nSPS) is 10.6. The third-order valence-electron chi connectivity index (χ3n) is 1.84. The lowest BCUT2D eigenvalue weighted by Crippen LogP contribution is -2.02. The van der Waals surface area contributed by atoms with Crippen molar-refractivity contribution in [3.05, 3.63) is 6.33 Å². The van der Waals surface area contributed by atoms with Crippen molar-refractivity contribution in [3.63, 3.8) is 0 Å². The van der Waals surface area contributed by atoms with E-state index >= 15 is 0 Å². The lowest BCUT2D eigenvalue weighted by atomic mass is 10.5. The maximum atomic E-state index is 5.94. The highest BCUT2D eigenvalue weighted by Gasteiger charge is 2.13. The monoisotopic (exact) mass is 301 g/mol. The van der Waals surface area contributed by atoms with Gasteiger partial charge < -0.3 is 10.5 Å². The number of anilines is 1. The quantitative estimate of drug-likeness (QED) is 0.664. The number of aromatic nitrogens is 4. The SMILES string of the molecule is CCOc1ncnc(Sc2nnc(SC)s2)c1N. The van der Waals surface area contributed by atoms with Gasteiger partial charge in [0.25, 0.3) is 0 Å². The molecule has 2 N–H and O–H groups in total. The number of hydrogen-bond donors (Lipinski definition) is 1. The summed E-state index contributed by atoms with van der Waals surface area (Å²) < 4.78 is 7.03. The molecule has 0 amide bonds. The lowest BCUT2D eigenvalue weighted by Gasteiger charge is -2.07. The largest absolute Gasteiger partial charge is 0.476 e. The first-order chi connectivity index (χ1) is 8.74. The molecule has 0 radical (unpaired) electrons. The zero-order chi connectivity index (χ0) is 13.0. The van der Waals surface area contributed by atoms with Crippen molar-refractivity contribution in [1.29, 1.82) is 0 Å². The maximum Gasteiger partial charge on any atom is 0.241 e. The van der Waals surface area contributed by atoms with Crippen LogP contribution in [0.4, 0.5) is 5.69 Å². The maximum absolute atomic E-state index is 5.94. The van der Waals surface area contributed by atoms with Gasteiger partial charge in [0.05, 0.1) is 6.61 Å². The molecule has 2 rings (SSSR count). The van der Waals surface area contributed by atoms with Crippen molar-refractivity contribution in [3.8, 4) is 5.88 Å². The molecule has 0 aliphatic heterocycles. The fourth-order valence-corrected chi connectivity index (χ4v) is 3.45. The summed E-state index contributed by atoms with van der Waals surface area (Å²) in [5, 5.41) is 8.70. The Bertz CT molecular complexity index is 533. The van der Waals surface area contributed by atoms with Crippen LogP contribution in [0.25, 0.3) is 0 Å². The van der Waals surface area contributed by atoms with E-state index in [4.69, 9.17) is 10.5 Å². The first-order valence-corrected chi connectivity index (χ1v) is 7.89. The average molecular weight is 301 g/mol. The Hall–Kier alpha value is -1.06. The third kappa shape index (κ3) is 3.03. The topological polar surface area (TPSA) is 86.8 Å². The molecule has 96 valence electrons. The second-order valence-electron chi connectivity index (χ2n) is 2.97. The van der Waals surface area contributed by atoms with Crippen LogP contribution in [0, 0.1) is 0 Å². The molecule has 2 aromatic heterocycles. The van der Waals surface area contributed by atoms with Gasteiger partial charge >= 0.3 is 0 Å². The number of ether oxygens (including phenoxy) is 1. The fraction of sp³-hybridized carbons (Fsp3) is 0.333. The van der Waals surface area contributed by atoms with E-state index in [2.05, 4.69) is 20.2 Å². The van der Waals surface area contributed by atoms with E-state index in [0.29, 0.717) is 23.2 Å². The van der Waals surface area contributed by atoms with Crippen molar-refractivity contribution < 1.29 is 4.74 Å². The van der Waals surface area contributed by atoms with E-state index in [1.54, 1.807) is 11.8 Å². The van der Waals surface area contributed by atoms with Crippen molar-refractivity contribution >= 4 is 40.5 Å². The molecule has 0 aliphatic rings. The van der Waals surface area contributed by atoms with Gasteiger partial charge in [-0.1, -0.05) is 23.1 Å². The predicted octanol–water partition coefficient (Wildman–Crippen LogP) is 2.18. The van der Waals surface area contributed by atoms with Gasteiger partial charge in [0, 0.05) is 0 Å². The molecule has 9 heteroatoms. The third-order valence-corrected chi connectivity index (χ3v) is 4.81. The van der Waals surface area contributed by atoms with Gasteiger partial charge in [-0.15, -0.1) is 10.2 Å². The van der Waals surface area contributed by atoms with Gasteiger partial charge in [0.2, 0.25) is 5.88 Å². The van der Waals surface area contributed by atoms with Crippen LogP contribution in [-0.4, -0.2) is 33.0 Å². The summed E-state index contributed by atoms with van der Waals surface area (Å²) in [7, 11) is 0. The zero-order valence-electron chi connectivity index (χ0n) is 9.78. The van der Waals surface area contributed by atoms with Gasteiger partial charge in [-0.2, -0.15) is 4.98 Å². The van der Waals surface area contributed by atoms with Crippen LogP contribution in [0.2, 0.25) is 0 Å². The summed E-state index contributed by atoms with van der Waals surface area (Å²) in [4.78, 5) is 8.11. The molecule has 0 aromatic carbocycles. The molecule has 0 saturated carbocycles. The van der Waals surface area contributed by atoms with E-state index < -0.39 is 0 Å². The number of thioether (sulfide) groups is 1. The molecule has 0 fully saturated rings.